The van der Waals surface area contributed by atoms with Gasteiger partial charge in [0.05, 0.1) is 0 Å². The van der Waals surface area contributed by atoms with Gasteiger partial charge in [0.25, 0.3) is 0 Å². The Hall–Kier alpha value is -4.71. The highest BCUT2D eigenvalue weighted by Gasteiger charge is 2.19. The molecule has 0 aromatic rings. The molecule has 79 heavy (non-hydrogen) atoms. The van der Waals surface area contributed by atoms with Crippen LogP contribution in [0.4, 0.5) is 0 Å². The Morgan fingerprint density at radius 1 is 0.253 bits per heavy atom. The number of hydrogen-bond donors (Lipinski definition) is 0. The molecule has 0 fully saturated rings. The molecule has 0 N–H and O–H groups in total. The SMILES string of the molecule is CC/C=C\C/C=C\C/C=C\C/C=C\C/C=C\C/C=C\CCCCCCCCCCCCCCC(=O)OCC(COC(=O)CCCCCCC/C=C\C/C=C\C/C=C\CC)OC(=O)CCCCCCC/C=C\C/C=C\C/C=C\CC. The maximum atomic E-state index is 12.9. The molecule has 0 amide bonds. The highest BCUT2D eigenvalue weighted by molar-refractivity contribution is 5.71. The van der Waals surface area contributed by atoms with E-state index in [1.54, 1.807) is 0 Å². The van der Waals surface area contributed by atoms with Crippen molar-refractivity contribution in [2.24, 2.45) is 0 Å². The second-order valence-electron chi connectivity index (χ2n) is 20.9. The van der Waals surface area contributed by atoms with Crippen LogP contribution in [0.3, 0.4) is 0 Å². The summed E-state index contributed by atoms with van der Waals surface area (Å²) >= 11 is 0. The molecule has 0 saturated carbocycles. The Morgan fingerprint density at radius 3 is 0.709 bits per heavy atom. The summed E-state index contributed by atoms with van der Waals surface area (Å²) in [5.74, 6) is -0.932. The zero-order chi connectivity index (χ0) is 57.1. The van der Waals surface area contributed by atoms with E-state index in [0.717, 1.165) is 173 Å². The van der Waals surface area contributed by atoms with Crippen molar-refractivity contribution in [3.63, 3.8) is 0 Å². The van der Waals surface area contributed by atoms with Gasteiger partial charge in [0, 0.05) is 19.3 Å². The Morgan fingerprint density at radius 2 is 0.456 bits per heavy atom. The first kappa shape index (κ1) is 74.3. The molecule has 0 aromatic carbocycles. The molecule has 0 bridgehead atoms. The molecule has 0 rings (SSSR count). The molecule has 0 aliphatic carbocycles. The predicted octanol–water partition coefficient (Wildman–Crippen LogP) is 22.3. The fraction of sp³-hybridized carbons (Fsp3) is 0.630. The topological polar surface area (TPSA) is 78.9 Å². The summed E-state index contributed by atoms with van der Waals surface area (Å²) in [6, 6.07) is 0. The van der Waals surface area contributed by atoms with Gasteiger partial charge in [0.1, 0.15) is 13.2 Å². The molecule has 1 unspecified atom stereocenters. The minimum Gasteiger partial charge on any atom is -0.462 e. The maximum Gasteiger partial charge on any atom is 0.306 e. The molecular weight excluding hydrogens is 973 g/mol. The highest BCUT2D eigenvalue weighted by atomic mass is 16.6. The second kappa shape index (κ2) is 65.8. The van der Waals surface area contributed by atoms with Crippen LogP contribution in [0.25, 0.3) is 0 Å². The molecular formula is C73H118O6. The van der Waals surface area contributed by atoms with Crippen molar-refractivity contribution in [3.05, 3.63) is 146 Å². The van der Waals surface area contributed by atoms with Crippen molar-refractivity contribution in [3.8, 4) is 0 Å². The molecule has 0 aliphatic rings. The van der Waals surface area contributed by atoms with Crippen molar-refractivity contribution in [2.75, 3.05) is 13.2 Å². The lowest BCUT2D eigenvalue weighted by atomic mass is 10.0. The molecule has 0 aliphatic heterocycles. The standard InChI is InChI=1S/C73H118O6/c1-4-7-10-13-16-19-22-25-28-29-30-31-32-33-34-35-36-37-38-39-40-41-42-43-46-48-51-54-57-60-63-66-72(75)78-69-70(79-73(76)67-64-61-58-55-52-49-45-27-24-21-18-15-12-9-6-3)68-77-71(74)65-62-59-56-53-50-47-44-26-23-20-17-14-11-8-5-2/h7-12,16-21,25-28,30-31,33-34,36-37,44-45,70H,4-6,13-15,22-24,29,32,35,38-43,46-69H2,1-3H3/b10-7-,11-8-,12-9-,19-16-,20-17-,21-18-,28-25-,31-30-,34-33-,37-36-,44-26-,45-27-. The second-order valence-corrected chi connectivity index (χ2v) is 20.9. The third-order valence-electron chi connectivity index (χ3n) is 13.3. The number of ether oxygens (including phenoxy) is 3. The number of allylic oxidation sites excluding steroid dienone is 24. The average Bonchev–Trinajstić information content (AvgIpc) is 3.45. The Balaban J connectivity index is 4.29. The van der Waals surface area contributed by atoms with E-state index in [-0.39, 0.29) is 31.1 Å². The molecule has 0 heterocycles. The van der Waals surface area contributed by atoms with E-state index in [1.807, 2.05) is 0 Å². The monoisotopic (exact) mass is 1090 g/mol. The minimum atomic E-state index is -0.801. The molecule has 1 atom stereocenters. The molecule has 6 heteroatoms. The number of carbonyl (C=O) groups excluding carboxylic acids is 3. The van der Waals surface area contributed by atoms with Gasteiger partial charge in [-0.15, -0.1) is 0 Å². The van der Waals surface area contributed by atoms with Crippen LogP contribution in [0.15, 0.2) is 146 Å². The summed E-state index contributed by atoms with van der Waals surface area (Å²) < 4.78 is 16.9. The number of rotatable bonds is 57. The lowest BCUT2D eigenvalue weighted by Gasteiger charge is -2.18. The predicted molar refractivity (Wildman–Crippen MR) is 343 cm³/mol. The minimum absolute atomic E-state index is 0.0957. The fourth-order valence-electron chi connectivity index (χ4n) is 8.59. The van der Waals surface area contributed by atoms with Gasteiger partial charge in [0.15, 0.2) is 6.10 Å². The van der Waals surface area contributed by atoms with Crippen molar-refractivity contribution in [1.82, 2.24) is 0 Å². The molecule has 0 radical (unpaired) electrons. The van der Waals surface area contributed by atoms with Crippen LogP contribution in [-0.2, 0) is 28.6 Å². The summed E-state index contributed by atoms with van der Waals surface area (Å²) in [6.07, 6.45) is 94.3. The van der Waals surface area contributed by atoms with E-state index in [2.05, 4.69) is 167 Å². The quantitative estimate of drug-likeness (QED) is 0.0261. The van der Waals surface area contributed by atoms with E-state index >= 15 is 0 Å². The van der Waals surface area contributed by atoms with Crippen LogP contribution in [0.5, 0.6) is 0 Å². The normalized spacial score (nSPS) is 13.1. The summed E-state index contributed by atoms with van der Waals surface area (Å²) in [7, 11) is 0. The van der Waals surface area contributed by atoms with Gasteiger partial charge in [-0.2, -0.15) is 0 Å². The van der Waals surface area contributed by atoms with E-state index in [4.69, 9.17) is 14.2 Å². The molecule has 446 valence electrons. The molecule has 0 spiro atoms. The highest BCUT2D eigenvalue weighted by Crippen LogP contribution is 2.15. The lowest BCUT2D eigenvalue weighted by molar-refractivity contribution is -0.167. The van der Waals surface area contributed by atoms with Gasteiger partial charge in [-0.05, 0) is 135 Å². The van der Waals surface area contributed by atoms with Gasteiger partial charge in [0.2, 0.25) is 0 Å². The zero-order valence-electron chi connectivity index (χ0n) is 51.1. The summed E-state index contributed by atoms with van der Waals surface area (Å²) in [5, 5.41) is 0. The van der Waals surface area contributed by atoms with Crippen LogP contribution >= 0.6 is 0 Å². The molecule has 6 nitrogen and oxygen atoms in total. The lowest BCUT2D eigenvalue weighted by Crippen LogP contribution is -2.30. The first-order chi connectivity index (χ1) is 39.0. The van der Waals surface area contributed by atoms with Crippen LogP contribution in [0.1, 0.15) is 278 Å². The summed E-state index contributed by atoms with van der Waals surface area (Å²) in [4.78, 5) is 38.3. The van der Waals surface area contributed by atoms with Gasteiger partial charge in [-0.3, -0.25) is 14.4 Å². The number of hydrogen-bond acceptors (Lipinski definition) is 6. The first-order valence-corrected chi connectivity index (χ1v) is 32.3. The third kappa shape index (κ3) is 64.0. The van der Waals surface area contributed by atoms with Gasteiger partial charge < -0.3 is 14.2 Å². The van der Waals surface area contributed by atoms with Crippen LogP contribution in [0, 0.1) is 0 Å². The zero-order valence-corrected chi connectivity index (χ0v) is 51.1. The molecule has 0 saturated heterocycles. The van der Waals surface area contributed by atoms with Crippen molar-refractivity contribution in [2.45, 2.75) is 284 Å². The van der Waals surface area contributed by atoms with E-state index in [1.165, 1.54) is 64.2 Å². The van der Waals surface area contributed by atoms with Crippen LogP contribution in [-0.4, -0.2) is 37.2 Å². The van der Waals surface area contributed by atoms with E-state index < -0.39 is 6.10 Å². The van der Waals surface area contributed by atoms with Gasteiger partial charge >= 0.3 is 17.9 Å². The fourth-order valence-corrected chi connectivity index (χ4v) is 8.59. The number of carbonyl (C=O) groups is 3. The van der Waals surface area contributed by atoms with E-state index in [9.17, 15) is 14.4 Å². The number of unbranched alkanes of at least 4 members (excludes halogenated alkanes) is 22. The third-order valence-corrected chi connectivity index (χ3v) is 13.3. The average molecular weight is 1090 g/mol. The van der Waals surface area contributed by atoms with Crippen molar-refractivity contribution in [1.29, 1.82) is 0 Å². The van der Waals surface area contributed by atoms with Gasteiger partial charge in [-0.25, -0.2) is 0 Å². The van der Waals surface area contributed by atoms with Gasteiger partial charge in [-0.1, -0.05) is 269 Å². The summed E-state index contributed by atoms with van der Waals surface area (Å²) in [5.41, 5.74) is 0. The Kier molecular flexibility index (Phi) is 61.9. The van der Waals surface area contributed by atoms with E-state index in [0.29, 0.717) is 19.3 Å². The Bertz CT molecular complexity index is 1730. The summed E-state index contributed by atoms with van der Waals surface area (Å²) in [6.45, 7) is 6.28. The van der Waals surface area contributed by atoms with Crippen molar-refractivity contribution >= 4 is 17.9 Å². The Labute approximate surface area is 487 Å². The maximum absolute atomic E-state index is 12.9. The van der Waals surface area contributed by atoms with Crippen LogP contribution in [0.2, 0.25) is 0 Å². The smallest absolute Gasteiger partial charge is 0.306 e. The van der Waals surface area contributed by atoms with Crippen molar-refractivity contribution < 1.29 is 28.6 Å². The molecule has 0 aromatic heterocycles. The van der Waals surface area contributed by atoms with Crippen LogP contribution < -0.4 is 0 Å². The number of esters is 3. The first-order valence-electron chi connectivity index (χ1n) is 32.3. The largest absolute Gasteiger partial charge is 0.462 e.